The van der Waals surface area contributed by atoms with Gasteiger partial charge in [0.1, 0.15) is 0 Å². The Morgan fingerprint density at radius 2 is 1.75 bits per heavy atom. The van der Waals surface area contributed by atoms with Crippen molar-refractivity contribution in [3.8, 4) is 0 Å². The molecule has 20 heavy (non-hydrogen) atoms. The molecule has 1 amide bonds. The molecule has 4 nitrogen and oxygen atoms in total. The summed E-state index contributed by atoms with van der Waals surface area (Å²) in [6.07, 6.45) is 0.479. The Labute approximate surface area is 121 Å². The topological polar surface area (TPSA) is 43.8 Å². The van der Waals surface area contributed by atoms with Crippen LogP contribution in [-0.4, -0.2) is 59.1 Å². The van der Waals surface area contributed by atoms with Crippen LogP contribution in [0.4, 0.5) is 0 Å². The lowest BCUT2D eigenvalue weighted by Gasteiger charge is -2.37. The monoisotopic (exact) mass is 276 g/mol. The minimum absolute atomic E-state index is 0.194. The highest BCUT2D eigenvalue weighted by Crippen LogP contribution is 2.10. The summed E-state index contributed by atoms with van der Waals surface area (Å²) in [4.78, 5) is 16.4. The van der Waals surface area contributed by atoms with Crippen molar-refractivity contribution in [3.63, 3.8) is 0 Å². The Morgan fingerprint density at radius 3 is 2.30 bits per heavy atom. The molecule has 2 rings (SSSR count). The third kappa shape index (κ3) is 4.62. The van der Waals surface area contributed by atoms with Gasteiger partial charge in [0.25, 0.3) is 0 Å². The molecule has 1 fully saturated rings. The fourth-order valence-corrected chi connectivity index (χ4v) is 2.58. The van der Waals surface area contributed by atoms with Crippen LogP contribution >= 0.6 is 0 Å². The molecule has 0 spiro atoms. The maximum Gasteiger partial charge on any atom is 0.227 e. The second-order valence-electron chi connectivity index (χ2n) is 6.13. The highest BCUT2D eigenvalue weighted by molar-refractivity contribution is 5.78. The van der Waals surface area contributed by atoms with Crippen LogP contribution in [0.5, 0.6) is 0 Å². The van der Waals surface area contributed by atoms with E-state index >= 15 is 0 Å². The number of amides is 1. The molecule has 1 aliphatic rings. The van der Waals surface area contributed by atoms with Gasteiger partial charge in [0.2, 0.25) is 5.91 Å². The van der Waals surface area contributed by atoms with E-state index in [9.17, 15) is 9.90 Å². The first-order valence-electron chi connectivity index (χ1n) is 7.20. The zero-order valence-corrected chi connectivity index (χ0v) is 12.4. The molecule has 1 heterocycles. The number of β-amino-alcohol motifs (C(OH)–C–C–N with tert-alkyl or cyclic N) is 1. The third-order valence-corrected chi connectivity index (χ3v) is 3.53. The predicted octanol–water partition coefficient (Wildman–Crippen LogP) is 1.14. The molecule has 0 bridgehead atoms. The quantitative estimate of drug-likeness (QED) is 0.897. The molecule has 1 aromatic carbocycles. The summed E-state index contributed by atoms with van der Waals surface area (Å²) in [6, 6.07) is 9.86. The number of piperazine rings is 1. The number of rotatable bonds is 4. The molecule has 4 heteroatoms. The Hall–Kier alpha value is -1.39. The number of nitrogens with zero attached hydrogens (tertiary/aromatic N) is 2. The molecule has 0 atom stereocenters. The summed E-state index contributed by atoms with van der Waals surface area (Å²) in [7, 11) is 0. The lowest BCUT2D eigenvalue weighted by atomic mass is 10.1. The smallest absolute Gasteiger partial charge is 0.227 e. The second-order valence-corrected chi connectivity index (χ2v) is 6.13. The fourth-order valence-electron chi connectivity index (χ4n) is 2.58. The fraction of sp³-hybridized carbons (Fsp3) is 0.562. The Balaban J connectivity index is 1.80. The van der Waals surface area contributed by atoms with Crippen molar-refractivity contribution in [2.45, 2.75) is 25.9 Å². The second kappa shape index (κ2) is 6.37. The predicted molar refractivity (Wildman–Crippen MR) is 79.5 cm³/mol. The maximum atomic E-state index is 12.2. The van der Waals surface area contributed by atoms with Crippen LogP contribution in [0.15, 0.2) is 30.3 Å². The van der Waals surface area contributed by atoms with Gasteiger partial charge in [-0.1, -0.05) is 30.3 Å². The Kier molecular flexibility index (Phi) is 4.78. The minimum atomic E-state index is -0.670. The van der Waals surface area contributed by atoms with Crippen LogP contribution in [0, 0.1) is 0 Å². The SMILES string of the molecule is CC(C)(O)CN1CCN(C(=O)Cc2ccccc2)CC1. The van der Waals surface area contributed by atoms with Crippen molar-refractivity contribution >= 4 is 5.91 Å². The summed E-state index contributed by atoms with van der Waals surface area (Å²) in [6.45, 7) is 7.48. The maximum absolute atomic E-state index is 12.2. The summed E-state index contributed by atoms with van der Waals surface area (Å²) < 4.78 is 0. The highest BCUT2D eigenvalue weighted by atomic mass is 16.3. The lowest BCUT2D eigenvalue weighted by molar-refractivity contribution is -0.132. The van der Waals surface area contributed by atoms with Crippen molar-refractivity contribution in [1.29, 1.82) is 0 Å². The zero-order chi connectivity index (χ0) is 14.6. The highest BCUT2D eigenvalue weighted by Gasteiger charge is 2.24. The van der Waals surface area contributed by atoms with Crippen LogP contribution in [-0.2, 0) is 11.2 Å². The summed E-state index contributed by atoms with van der Waals surface area (Å²) in [5.74, 6) is 0.194. The number of carbonyl (C=O) groups excluding carboxylic acids is 1. The molecular formula is C16H24N2O2. The number of carbonyl (C=O) groups is 1. The van der Waals surface area contributed by atoms with Crippen LogP contribution in [0.1, 0.15) is 19.4 Å². The van der Waals surface area contributed by atoms with Crippen LogP contribution < -0.4 is 0 Å². The van der Waals surface area contributed by atoms with Gasteiger partial charge in [0, 0.05) is 32.7 Å². The van der Waals surface area contributed by atoms with Crippen LogP contribution in [0.2, 0.25) is 0 Å². The molecule has 0 unspecified atom stereocenters. The summed E-state index contributed by atoms with van der Waals surface area (Å²) in [5.41, 5.74) is 0.396. The van der Waals surface area contributed by atoms with E-state index in [4.69, 9.17) is 0 Å². The van der Waals surface area contributed by atoms with Crippen molar-refractivity contribution < 1.29 is 9.90 Å². The van der Waals surface area contributed by atoms with Gasteiger partial charge in [-0.15, -0.1) is 0 Å². The van der Waals surface area contributed by atoms with Crippen molar-refractivity contribution in [3.05, 3.63) is 35.9 Å². The van der Waals surface area contributed by atoms with E-state index in [1.807, 2.05) is 49.1 Å². The lowest BCUT2D eigenvalue weighted by Crippen LogP contribution is -2.52. The minimum Gasteiger partial charge on any atom is -0.389 e. The van der Waals surface area contributed by atoms with Gasteiger partial charge in [0.15, 0.2) is 0 Å². The number of aliphatic hydroxyl groups is 1. The van der Waals surface area contributed by atoms with Crippen molar-refractivity contribution in [2.24, 2.45) is 0 Å². The standard InChI is InChI=1S/C16H24N2O2/c1-16(2,20)13-17-8-10-18(11-9-17)15(19)12-14-6-4-3-5-7-14/h3-7,20H,8-13H2,1-2H3. The molecule has 1 saturated heterocycles. The zero-order valence-electron chi connectivity index (χ0n) is 12.4. The number of benzene rings is 1. The summed E-state index contributed by atoms with van der Waals surface area (Å²) >= 11 is 0. The normalized spacial score (nSPS) is 17.2. The molecule has 1 aromatic rings. The first-order valence-corrected chi connectivity index (χ1v) is 7.20. The molecule has 110 valence electrons. The van der Waals surface area contributed by atoms with E-state index in [1.165, 1.54) is 0 Å². The van der Waals surface area contributed by atoms with Gasteiger partial charge in [-0.3, -0.25) is 9.69 Å². The molecule has 1 N–H and O–H groups in total. The molecular weight excluding hydrogens is 252 g/mol. The molecule has 1 aliphatic heterocycles. The van der Waals surface area contributed by atoms with Gasteiger partial charge >= 0.3 is 0 Å². The Bertz CT molecular complexity index is 432. The first-order chi connectivity index (χ1) is 9.44. The largest absolute Gasteiger partial charge is 0.389 e. The van der Waals surface area contributed by atoms with E-state index in [0.29, 0.717) is 13.0 Å². The van der Waals surface area contributed by atoms with E-state index in [2.05, 4.69) is 4.90 Å². The van der Waals surface area contributed by atoms with Gasteiger partial charge in [-0.25, -0.2) is 0 Å². The van der Waals surface area contributed by atoms with E-state index in [1.54, 1.807) is 0 Å². The van der Waals surface area contributed by atoms with Crippen LogP contribution in [0.3, 0.4) is 0 Å². The van der Waals surface area contributed by atoms with E-state index < -0.39 is 5.60 Å². The molecule has 0 aliphatic carbocycles. The molecule has 0 saturated carbocycles. The molecule has 0 aromatic heterocycles. The van der Waals surface area contributed by atoms with Gasteiger partial charge in [-0.05, 0) is 19.4 Å². The average molecular weight is 276 g/mol. The van der Waals surface area contributed by atoms with Gasteiger partial charge in [-0.2, -0.15) is 0 Å². The Morgan fingerprint density at radius 1 is 1.15 bits per heavy atom. The van der Waals surface area contributed by atoms with E-state index in [-0.39, 0.29) is 5.91 Å². The third-order valence-electron chi connectivity index (χ3n) is 3.53. The van der Waals surface area contributed by atoms with E-state index in [0.717, 1.165) is 31.7 Å². The van der Waals surface area contributed by atoms with Crippen molar-refractivity contribution in [1.82, 2.24) is 9.80 Å². The number of hydrogen-bond acceptors (Lipinski definition) is 3. The molecule has 0 radical (unpaired) electrons. The first kappa shape index (κ1) is 15.0. The van der Waals surface area contributed by atoms with Gasteiger partial charge in [0.05, 0.1) is 12.0 Å². The average Bonchev–Trinajstić information content (AvgIpc) is 2.39. The van der Waals surface area contributed by atoms with Gasteiger partial charge < -0.3 is 10.0 Å². The van der Waals surface area contributed by atoms with Crippen molar-refractivity contribution in [2.75, 3.05) is 32.7 Å². The number of hydrogen-bond donors (Lipinski definition) is 1. The van der Waals surface area contributed by atoms with Crippen LogP contribution in [0.25, 0.3) is 0 Å². The summed E-state index contributed by atoms with van der Waals surface area (Å²) in [5, 5.41) is 9.82.